The van der Waals surface area contributed by atoms with Crippen LogP contribution in [0.4, 0.5) is 9.59 Å². The fourth-order valence-electron chi connectivity index (χ4n) is 4.55. The molecule has 0 bridgehead atoms. The highest BCUT2D eigenvalue weighted by Gasteiger charge is 2.31. The summed E-state index contributed by atoms with van der Waals surface area (Å²) >= 11 is 0. The Morgan fingerprint density at radius 2 is 1.62 bits per heavy atom. The van der Waals surface area contributed by atoms with Crippen LogP contribution >= 0.6 is 0 Å². The summed E-state index contributed by atoms with van der Waals surface area (Å²) in [6.07, 6.45) is -1.47. The van der Waals surface area contributed by atoms with E-state index < -0.39 is 17.8 Å². The van der Waals surface area contributed by atoms with Crippen LogP contribution in [-0.2, 0) is 9.47 Å². The molecule has 0 spiro atoms. The molecule has 1 aliphatic rings. The normalized spacial score (nSPS) is 13.7. The lowest BCUT2D eigenvalue weighted by Gasteiger charge is -2.19. The molecule has 1 atom stereocenters. The minimum absolute atomic E-state index is 0.000354. The Morgan fingerprint density at radius 3 is 2.45 bits per heavy atom. The van der Waals surface area contributed by atoms with E-state index in [9.17, 15) is 14.4 Å². The maximum atomic E-state index is 12.9. The molecule has 0 fully saturated rings. The van der Waals surface area contributed by atoms with E-state index in [-0.39, 0.29) is 31.5 Å². The summed E-state index contributed by atoms with van der Waals surface area (Å²) in [7, 11) is 0. The van der Waals surface area contributed by atoms with Crippen molar-refractivity contribution in [1.29, 1.82) is 0 Å². The topological polar surface area (TPSA) is 134 Å². The van der Waals surface area contributed by atoms with E-state index in [1.807, 2.05) is 36.4 Å². The van der Waals surface area contributed by atoms with Gasteiger partial charge >= 0.3 is 12.2 Å². The Bertz CT molecular complexity index is 1570. The average Bonchev–Trinajstić information content (AvgIpc) is 3.47. The van der Waals surface area contributed by atoms with E-state index in [0.29, 0.717) is 16.6 Å². The fraction of sp³-hybridized carbons (Fsp3) is 0.276. The predicted molar refractivity (Wildman–Crippen MR) is 146 cm³/mol. The third-order valence-electron chi connectivity index (χ3n) is 6.24. The molecule has 2 N–H and O–H groups in total. The van der Waals surface area contributed by atoms with Crippen molar-refractivity contribution in [2.45, 2.75) is 32.3 Å². The first kappa shape index (κ1) is 26.7. The molecule has 0 radical (unpaired) electrons. The molecule has 0 saturated carbocycles. The fourth-order valence-corrected chi connectivity index (χ4v) is 4.55. The zero-order chi connectivity index (χ0) is 28.3. The number of nitrogens with one attached hydrogen (secondary N) is 2. The maximum absolute atomic E-state index is 12.9. The molecular weight excluding hydrogens is 514 g/mol. The first-order chi connectivity index (χ1) is 19.2. The van der Waals surface area contributed by atoms with Crippen LogP contribution in [0.3, 0.4) is 0 Å². The van der Waals surface area contributed by atoms with Crippen molar-refractivity contribution in [3.05, 3.63) is 83.4 Å². The SMILES string of the molecule is CC(C)(C)OC(=O)NCCNC(=O)c1ccc2c(c1)C(COC(=O)On1nnc3ccccc31)c1ccccc1-2. The lowest BCUT2D eigenvalue weighted by molar-refractivity contribution is 0.0378. The van der Waals surface area contributed by atoms with Gasteiger partial charge in [0.15, 0.2) is 0 Å². The molecular formula is C29H29N5O6. The summed E-state index contributed by atoms with van der Waals surface area (Å²) in [4.78, 5) is 43.5. The Labute approximate surface area is 230 Å². The number of hydrogen-bond donors (Lipinski definition) is 2. The molecule has 1 aliphatic carbocycles. The highest BCUT2D eigenvalue weighted by atomic mass is 16.8. The number of rotatable bonds is 7. The number of carbonyl (C=O) groups is 3. The number of aromatic nitrogens is 3. The van der Waals surface area contributed by atoms with E-state index >= 15 is 0 Å². The molecule has 40 heavy (non-hydrogen) atoms. The highest BCUT2D eigenvalue weighted by Crippen LogP contribution is 2.45. The number of alkyl carbamates (subject to hydrolysis) is 1. The minimum atomic E-state index is -0.923. The Morgan fingerprint density at radius 1 is 0.900 bits per heavy atom. The largest absolute Gasteiger partial charge is 0.535 e. The van der Waals surface area contributed by atoms with Crippen molar-refractivity contribution >= 4 is 29.2 Å². The van der Waals surface area contributed by atoms with Gasteiger partial charge in [-0.2, -0.15) is 0 Å². The number of carbonyl (C=O) groups excluding carboxylic acids is 3. The van der Waals surface area contributed by atoms with E-state index in [2.05, 4.69) is 20.9 Å². The van der Waals surface area contributed by atoms with Gasteiger partial charge in [-0.25, -0.2) is 9.59 Å². The van der Waals surface area contributed by atoms with Crippen LogP contribution in [0.5, 0.6) is 0 Å². The zero-order valence-electron chi connectivity index (χ0n) is 22.3. The lowest BCUT2D eigenvalue weighted by Crippen LogP contribution is -2.37. The van der Waals surface area contributed by atoms with Gasteiger partial charge in [-0.1, -0.05) is 47.3 Å². The number of nitrogens with zero attached hydrogens (tertiary/aromatic N) is 3. The van der Waals surface area contributed by atoms with Crippen LogP contribution in [0.2, 0.25) is 0 Å². The average molecular weight is 544 g/mol. The third kappa shape index (κ3) is 5.88. The van der Waals surface area contributed by atoms with Crippen molar-refractivity contribution in [2.75, 3.05) is 19.7 Å². The van der Waals surface area contributed by atoms with Crippen molar-refractivity contribution in [3.8, 4) is 11.1 Å². The molecule has 1 heterocycles. The number of fused-ring (bicyclic) bond motifs is 4. The minimum Gasteiger partial charge on any atom is -0.444 e. The Balaban J connectivity index is 1.24. The first-order valence-electron chi connectivity index (χ1n) is 12.8. The molecule has 1 aromatic heterocycles. The van der Waals surface area contributed by atoms with Crippen LogP contribution < -0.4 is 15.5 Å². The van der Waals surface area contributed by atoms with E-state index in [0.717, 1.165) is 27.1 Å². The van der Waals surface area contributed by atoms with E-state index in [4.69, 9.17) is 14.3 Å². The van der Waals surface area contributed by atoms with Gasteiger partial charge in [0.1, 0.15) is 23.2 Å². The number of benzene rings is 3. The molecule has 3 aromatic carbocycles. The maximum Gasteiger partial charge on any atom is 0.535 e. The smallest absolute Gasteiger partial charge is 0.444 e. The third-order valence-corrected chi connectivity index (χ3v) is 6.24. The Kier molecular flexibility index (Phi) is 7.37. The van der Waals surface area contributed by atoms with Crippen LogP contribution in [0.25, 0.3) is 22.2 Å². The van der Waals surface area contributed by atoms with Crippen molar-refractivity contribution in [2.24, 2.45) is 0 Å². The van der Waals surface area contributed by atoms with Gasteiger partial charge < -0.3 is 20.1 Å². The van der Waals surface area contributed by atoms with Crippen molar-refractivity contribution in [3.63, 3.8) is 0 Å². The molecule has 4 aromatic rings. The second-order valence-corrected chi connectivity index (χ2v) is 10.2. The standard InChI is InChI=1S/C29H29N5O6/c1-29(2,3)39-27(36)31-15-14-30-26(35)18-12-13-21-19-8-4-5-9-20(19)23(22(21)16-18)17-38-28(37)40-34-25-11-7-6-10-24(25)32-33-34/h4-13,16,23H,14-15,17H2,1-3H3,(H,30,35)(H,31,36). The van der Waals surface area contributed by atoms with E-state index in [1.54, 1.807) is 51.1 Å². The van der Waals surface area contributed by atoms with Gasteiger partial charge in [0, 0.05) is 24.6 Å². The van der Waals surface area contributed by atoms with Crippen LogP contribution in [-0.4, -0.2) is 58.6 Å². The van der Waals surface area contributed by atoms with Crippen molar-refractivity contribution in [1.82, 2.24) is 25.8 Å². The lowest BCUT2D eigenvalue weighted by atomic mass is 9.96. The predicted octanol–water partition coefficient (Wildman–Crippen LogP) is 4.06. The molecule has 5 rings (SSSR count). The quantitative estimate of drug-likeness (QED) is 0.203. The first-order valence-corrected chi connectivity index (χ1v) is 12.8. The van der Waals surface area contributed by atoms with E-state index in [1.165, 1.54) is 0 Å². The van der Waals surface area contributed by atoms with Gasteiger partial charge in [-0.15, -0.1) is 5.10 Å². The molecule has 0 aliphatic heterocycles. The molecule has 206 valence electrons. The van der Waals surface area contributed by atoms with Crippen molar-refractivity contribution < 1.29 is 28.7 Å². The number of ether oxygens (including phenoxy) is 2. The van der Waals surface area contributed by atoms with Gasteiger partial charge in [-0.3, -0.25) is 9.63 Å². The molecule has 1 unspecified atom stereocenters. The molecule has 11 nitrogen and oxygen atoms in total. The second kappa shape index (κ2) is 11.0. The van der Waals surface area contributed by atoms with Gasteiger partial charge in [-0.05, 0) is 72.5 Å². The van der Waals surface area contributed by atoms with Crippen LogP contribution in [0.15, 0.2) is 66.7 Å². The summed E-state index contributed by atoms with van der Waals surface area (Å²) in [6, 6.07) is 20.3. The molecule has 2 amide bonds. The van der Waals surface area contributed by atoms with Crippen LogP contribution in [0.1, 0.15) is 48.2 Å². The summed E-state index contributed by atoms with van der Waals surface area (Å²) in [5, 5.41) is 13.2. The van der Waals surface area contributed by atoms with Gasteiger partial charge in [0.05, 0.1) is 0 Å². The van der Waals surface area contributed by atoms with Crippen LogP contribution in [0, 0.1) is 0 Å². The monoisotopic (exact) mass is 543 g/mol. The summed E-state index contributed by atoms with van der Waals surface area (Å²) in [5.74, 6) is -0.588. The molecule has 0 saturated heterocycles. The summed E-state index contributed by atoms with van der Waals surface area (Å²) < 4.78 is 10.7. The summed E-state index contributed by atoms with van der Waals surface area (Å²) in [5.41, 5.74) is 4.78. The number of amides is 2. The molecule has 11 heteroatoms. The second-order valence-electron chi connectivity index (χ2n) is 10.2. The number of hydrogen-bond acceptors (Lipinski definition) is 8. The van der Waals surface area contributed by atoms with Gasteiger partial charge in [0.25, 0.3) is 5.91 Å². The van der Waals surface area contributed by atoms with Gasteiger partial charge in [0.2, 0.25) is 0 Å². The summed E-state index contributed by atoms with van der Waals surface area (Å²) in [6.45, 7) is 5.78. The highest BCUT2D eigenvalue weighted by molar-refractivity contribution is 5.96. The Hall–Kier alpha value is -4.93. The zero-order valence-corrected chi connectivity index (χ0v) is 22.3. The number of para-hydroxylation sites is 1.